The third-order valence-corrected chi connectivity index (χ3v) is 18.3. The van der Waals surface area contributed by atoms with Crippen LogP contribution in [0.15, 0.2) is 249 Å². The zero-order valence-corrected chi connectivity index (χ0v) is 43.9. The molecule has 0 unspecified atom stereocenters. The van der Waals surface area contributed by atoms with Gasteiger partial charge < -0.3 is 9.13 Å². The average Bonchev–Trinajstić information content (AvgIpc) is 3.95. The van der Waals surface area contributed by atoms with E-state index in [1.807, 2.05) is 11.3 Å². The monoisotopic (exact) mass is 1010 g/mol. The molecule has 0 fully saturated rings. The average molecular weight is 1010 g/mol. The fourth-order valence-corrected chi connectivity index (χ4v) is 14.7. The van der Waals surface area contributed by atoms with Gasteiger partial charge in [0.05, 0.1) is 22.1 Å². The maximum Gasteiger partial charge on any atom is 0.0788 e. The first kappa shape index (κ1) is 43.7. The van der Waals surface area contributed by atoms with Gasteiger partial charge in [-0.1, -0.05) is 178 Å². The van der Waals surface area contributed by atoms with Crippen LogP contribution < -0.4 is 0 Å². The minimum absolute atomic E-state index is 0.416. The van der Waals surface area contributed by atoms with E-state index in [4.69, 9.17) is 0 Å². The van der Waals surface area contributed by atoms with Gasteiger partial charge >= 0.3 is 0 Å². The fraction of sp³-hybridized carbons (Fsp3) is 0.0400. The zero-order chi connectivity index (χ0) is 51.3. The highest BCUT2D eigenvalue weighted by atomic mass is 32.1. The second-order valence-corrected chi connectivity index (χ2v) is 22.8. The van der Waals surface area contributed by atoms with Crippen molar-refractivity contribution in [2.24, 2.45) is 0 Å². The maximum absolute atomic E-state index is 2.51. The van der Waals surface area contributed by atoms with Crippen molar-refractivity contribution in [2.45, 2.75) is 19.8 Å². The van der Waals surface area contributed by atoms with Crippen LogP contribution in [0.25, 0.3) is 162 Å². The van der Waals surface area contributed by atoms with Gasteiger partial charge in [-0.25, -0.2) is 0 Å². The summed E-state index contributed by atoms with van der Waals surface area (Å²) in [7, 11) is 0. The number of nitrogens with zero attached hydrogens (tertiary/aromatic N) is 2. The number of hydrogen-bond acceptors (Lipinski definition) is 1. The Kier molecular flexibility index (Phi) is 9.23. The van der Waals surface area contributed by atoms with E-state index in [2.05, 4.69) is 272 Å². The molecular weight excluding hydrogens is 961 g/mol. The van der Waals surface area contributed by atoms with E-state index in [0.717, 1.165) is 11.4 Å². The van der Waals surface area contributed by atoms with Gasteiger partial charge in [0.25, 0.3) is 0 Å². The van der Waals surface area contributed by atoms with E-state index in [1.165, 1.54) is 156 Å². The number of para-hydroxylation sites is 2. The number of rotatable bonds is 5. The van der Waals surface area contributed by atoms with Gasteiger partial charge in [-0.2, -0.15) is 0 Å². The van der Waals surface area contributed by atoms with Crippen LogP contribution in [0.2, 0.25) is 0 Å². The number of fused-ring (bicyclic) bond motifs is 19. The summed E-state index contributed by atoms with van der Waals surface area (Å²) in [6, 6.07) is 93.9. The van der Waals surface area contributed by atoms with Gasteiger partial charge in [-0.3, -0.25) is 0 Å². The van der Waals surface area contributed by atoms with Crippen molar-refractivity contribution >= 4 is 140 Å². The summed E-state index contributed by atoms with van der Waals surface area (Å²) in [6.07, 6.45) is 0. The molecule has 3 heterocycles. The molecule has 0 saturated heterocycles. The molecule has 3 aromatic heterocycles. The largest absolute Gasteiger partial charge is 0.307 e. The van der Waals surface area contributed by atoms with Crippen LogP contribution in [0.4, 0.5) is 0 Å². The molecule has 0 bridgehead atoms. The van der Waals surface area contributed by atoms with E-state index >= 15 is 0 Å². The van der Waals surface area contributed by atoms with Crippen LogP contribution in [0.3, 0.4) is 0 Å². The van der Waals surface area contributed by atoms with Crippen molar-refractivity contribution < 1.29 is 0 Å². The lowest BCUT2D eigenvalue weighted by atomic mass is 9.85. The lowest BCUT2D eigenvalue weighted by molar-refractivity contribution is 0.868. The van der Waals surface area contributed by atoms with E-state index in [1.54, 1.807) is 0 Å². The summed E-state index contributed by atoms with van der Waals surface area (Å²) in [5, 5.41) is 23.0. The Morgan fingerprint density at radius 2 is 0.705 bits per heavy atom. The van der Waals surface area contributed by atoms with E-state index in [-0.39, 0.29) is 0 Å². The molecule has 0 amide bonds. The molecule has 78 heavy (non-hydrogen) atoms. The van der Waals surface area contributed by atoms with Gasteiger partial charge in [-0.05, 0) is 183 Å². The number of hydrogen-bond donors (Lipinski definition) is 0. The molecule has 3 heteroatoms. The minimum Gasteiger partial charge on any atom is -0.307 e. The summed E-state index contributed by atoms with van der Waals surface area (Å²) >= 11 is 1.90. The molecule has 0 atom stereocenters. The first-order valence-corrected chi connectivity index (χ1v) is 28.1. The first-order chi connectivity index (χ1) is 38.5. The Labute approximate surface area is 453 Å². The SMILES string of the molecule is CC(C)c1ccc2c(c1)c1ccc3c4cc(-c5c6ccccc6c(-c6ccc7sc8cc9c%10ccccc%10c%10cc%11ccccc%11cc%10c9cc8c7c6)c6ccccc56)ccc4n(-c4ccccc4)c3c1n2-c1ccccc1. The topological polar surface area (TPSA) is 9.86 Å². The van der Waals surface area contributed by atoms with Crippen LogP contribution in [-0.2, 0) is 0 Å². The Bertz CT molecular complexity index is 5350. The van der Waals surface area contributed by atoms with Gasteiger partial charge in [0.1, 0.15) is 0 Å². The first-order valence-electron chi connectivity index (χ1n) is 27.3. The fourth-order valence-electron chi connectivity index (χ4n) is 13.6. The maximum atomic E-state index is 2.51. The lowest BCUT2D eigenvalue weighted by Gasteiger charge is -2.18. The standard InChI is InChI=1S/C75H48N2S/c1-44(2)45-29-34-68-64(37-45)58-32-33-59-65-40-48(30-35-69(65)77(51-21-7-4-8-22-51)75(59)74(58)76(68)50-19-5-3-6-20-50)72-54-25-13-15-27-56(54)73(57-28-16-14-26-55(57)72)49-31-36-70-66(41-49)67-42-62-61-39-47-18-10-9-17-46(47)38-60(61)52-23-11-12-24-53(52)63(62)43-71(67)78-70/h3-44H,1-2H3. The Morgan fingerprint density at radius 1 is 0.282 bits per heavy atom. The predicted octanol–water partition coefficient (Wildman–Crippen LogP) is 21.6. The van der Waals surface area contributed by atoms with Crippen molar-refractivity contribution in [2.75, 3.05) is 0 Å². The Hall–Kier alpha value is -9.54. The highest BCUT2D eigenvalue weighted by Gasteiger charge is 2.24. The molecule has 0 aliphatic heterocycles. The van der Waals surface area contributed by atoms with Crippen LogP contribution in [-0.4, -0.2) is 9.13 Å². The van der Waals surface area contributed by atoms with Gasteiger partial charge in [-0.15, -0.1) is 11.3 Å². The van der Waals surface area contributed by atoms with Crippen LogP contribution in [0.5, 0.6) is 0 Å². The molecule has 364 valence electrons. The lowest BCUT2D eigenvalue weighted by Crippen LogP contribution is -1.98. The summed E-state index contributed by atoms with van der Waals surface area (Å²) < 4.78 is 7.63. The molecule has 0 spiro atoms. The molecule has 0 aliphatic carbocycles. The summed E-state index contributed by atoms with van der Waals surface area (Å²) in [5.41, 5.74) is 13.4. The molecule has 14 aromatic carbocycles. The molecule has 0 aliphatic rings. The molecular formula is C75H48N2S. The quantitative estimate of drug-likeness (QED) is 0.120. The molecule has 0 saturated carbocycles. The minimum atomic E-state index is 0.416. The molecule has 0 N–H and O–H groups in total. The normalized spacial score (nSPS) is 12.3. The smallest absolute Gasteiger partial charge is 0.0788 e. The summed E-state index contributed by atoms with van der Waals surface area (Å²) in [5.74, 6) is 0.416. The molecule has 0 radical (unpaired) electrons. The van der Waals surface area contributed by atoms with Crippen molar-refractivity contribution in [1.82, 2.24) is 9.13 Å². The second-order valence-electron chi connectivity index (χ2n) is 21.7. The highest BCUT2D eigenvalue weighted by molar-refractivity contribution is 7.26. The van der Waals surface area contributed by atoms with E-state index in [9.17, 15) is 0 Å². The highest BCUT2D eigenvalue weighted by Crippen LogP contribution is 2.49. The van der Waals surface area contributed by atoms with Crippen LogP contribution in [0.1, 0.15) is 25.3 Å². The third-order valence-electron chi connectivity index (χ3n) is 17.2. The second kappa shape index (κ2) is 16.5. The van der Waals surface area contributed by atoms with Gasteiger partial charge in [0, 0.05) is 53.1 Å². The van der Waals surface area contributed by atoms with E-state index < -0.39 is 0 Å². The Balaban J connectivity index is 0.905. The number of thiophene rings is 1. The molecule has 17 rings (SSSR count). The van der Waals surface area contributed by atoms with E-state index in [0.29, 0.717) is 5.92 Å². The van der Waals surface area contributed by atoms with Crippen LogP contribution in [0, 0.1) is 0 Å². The van der Waals surface area contributed by atoms with Crippen LogP contribution >= 0.6 is 11.3 Å². The van der Waals surface area contributed by atoms with Gasteiger partial charge in [0.15, 0.2) is 0 Å². The molecule has 17 aromatic rings. The molecule has 2 nitrogen and oxygen atoms in total. The predicted molar refractivity (Wildman–Crippen MR) is 338 cm³/mol. The Morgan fingerprint density at radius 3 is 1.26 bits per heavy atom. The summed E-state index contributed by atoms with van der Waals surface area (Å²) in [4.78, 5) is 0. The van der Waals surface area contributed by atoms with Crippen molar-refractivity contribution in [3.8, 4) is 33.6 Å². The third kappa shape index (κ3) is 6.19. The van der Waals surface area contributed by atoms with Crippen molar-refractivity contribution in [1.29, 1.82) is 0 Å². The zero-order valence-electron chi connectivity index (χ0n) is 43.1. The number of benzene rings is 14. The summed E-state index contributed by atoms with van der Waals surface area (Å²) in [6.45, 7) is 4.58. The van der Waals surface area contributed by atoms with Crippen molar-refractivity contribution in [3.63, 3.8) is 0 Å². The number of aromatic nitrogens is 2. The van der Waals surface area contributed by atoms with Gasteiger partial charge in [0.2, 0.25) is 0 Å². The van der Waals surface area contributed by atoms with Crippen molar-refractivity contribution in [3.05, 3.63) is 254 Å².